The maximum Gasteiger partial charge on any atom is 0.166 e. The lowest BCUT2D eigenvalue weighted by molar-refractivity contribution is -0.104. The van der Waals surface area contributed by atoms with E-state index in [0.29, 0.717) is 6.29 Å². The molecule has 0 saturated heterocycles. The lowest BCUT2D eigenvalue weighted by Crippen LogP contribution is -1.86. The van der Waals surface area contributed by atoms with Crippen molar-refractivity contribution in [2.75, 3.05) is 0 Å². The van der Waals surface area contributed by atoms with Crippen LogP contribution >= 0.6 is 0 Å². The Morgan fingerprint density at radius 1 is 1.25 bits per heavy atom. The monoisotopic (exact) mass is 168 g/mol. The first kappa shape index (κ1) is 8.59. The summed E-state index contributed by atoms with van der Waals surface area (Å²) < 4.78 is 25.3. The van der Waals surface area contributed by atoms with E-state index < -0.39 is 11.6 Å². The Hall–Kier alpha value is -1.51. The van der Waals surface area contributed by atoms with Crippen molar-refractivity contribution in [2.24, 2.45) is 0 Å². The van der Waals surface area contributed by atoms with E-state index in [0.717, 1.165) is 12.1 Å². The van der Waals surface area contributed by atoms with Crippen LogP contribution in [0.2, 0.25) is 0 Å². The average molecular weight is 168 g/mol. The summed E-state index contributed by atoms with van der Waals surface area (Å²) in [6.45, 7) is 0. The summed E-state index contributed by atoms with van der Waals surface area (Å²) in [7, 11) is 0. The highest BCUT2D eigenvalue weighted by Crippen LogP contribution is 2.12. The molecule has 1 aromatic carbocycles. The zero-order chi connectivity index (χ0) is 8.97. The maximum absolute atomic E-state index is 12.8. The van der Waals surface area contributed by atoms with E-state index >= 15 is 0 Å². The number of hydrogen-bond donors (Lipinski definition) is 0. The van der Waals surface area contributed by atoms with Crippen LogP contribution in [0.3, 0.4) is 0 Å². The minimum absolute atomic E-state index is 0.0714. The van der Waals surface area contributed by atoms with Crippen molar-refractivity contribution >= 4 is 12.4 Å². The zero-order valence-electron chi connectivity index (χ0n) is 6.13. The van der Waals surface area contributed by atoms with Crippen LogP contribution in [-0.4, -0.2) is 6.29 Å². The van der Waals surface area contributed by atoms with Gasteiger partial charge in [-0.15, -0.1) is 0 Å². The summed E-state index contributed by atoms with van der Waals surface area (Å²) in [6, 6.07) is 3.79. The molecule has 3 heteroatoms. The van der Waals surface area contributed by atoms with Gasteiger partial charge in [0.1, 0.15) is 6.29 Å². The first-order chi connectivity index (χ1) is 5.75. The Labute approximate surface area is 68.3 Å². The van der Waals surface area contributed by atoms with Crippen molar-refractivity contribution < 1.29 is 13.6 Å². The van der Waals surface area contributed by atoms with Crippen LogP contribution in [0.5, 0.6) is 0 Å². The Morgan fingerprint density at radius 2 is 2.00 bits per heavy atom. The minimum atomic E-state index is -0.935. The SMILES string of the molecule is O=C/C=C/c1cccc(F)c1F. The van der Waals surface area contributed by atoms with Gasteiger partial charge in [0.25, 0.3) is 0 Å². The van der Waals surface area contributed by atoms with E-state index in [1.807, 2.05) is 0 Å². The Kier molecular flexibility index (Phi) is 2.69. The fourth-order valence-electron chi connectivity index (χ4n) is 0.792. The second kappa shape index (κ2) is 3.76. The highest BCUT2D eigenvalue weighted by molar-refractivity contribution is 5.73. The number of carbonyl (C=O) groups is 1. The highest BCUT2D eigenvalue weighted by atomic mass is 19.2. The summed E-state index contributed by atoms with van der Waals surface area (Å²) in [5, 5.41) is 0. The van der Waals surface area contributed by atoms with Gasteiger partial charge in [-0.05, 0) is 18.2 Å². The summed E-state index contributed by atoms with van der Waals surface area (Å²) in [5.41, 5.74) is 0.0714. The van der Waals surface area contributed by atoms with Gasteiger partial charge in [0, 0.05) is 5.56 Å². The van der Waals surface area contributed by atoms with Crippen molar-refractivity contribution in [3.8, 4) is 0 Å². The van der Waals surface area contributed by atoms with Crippen LogP contribution in [0.4, 0.5) is 8.78 Å². The molecule has 0 aliphatic rings. The highest BCUT2D eigenvalue weighted by Gasteiger charge is 2.03. The van der Waals surface area contributed by atoms with Crippen LogP contribution in [0.25, 0.3) is 6.08 Å². The molecule has 0 heterocycles. The van der Waals surface area contributed by atoms with Crippen molar-refractivity contribution in [1.82, 2.24) is 0 Å². The van der Waals surface area contributed by atoms with Gasteiger partial charge in [-0.1, -0.05) is 12.1 Å². The Morgan fingerprint density at radius 3 is 2.67 bits per heavy atom. The molecule has 62 valence electrons. The average Bonchev–Trinajstić information content (AvgIpc) is 2.08. The molecule has 0 aliphatic carbocycles. The first-order valence-electron chi connectivity index (χ1n) is 3.31. The molecular formula is C9H6F2O. The van der Waals surface area contributed by atoms with Gasteiger partial charge in [-0.25, -0.2) is 8.78 Å². The van der Waals surface area contributed by atoms with Crippen LogP contribution in [0, 0.1) is 11.6 Å². The molecule has 0 radical (unpaired) electrons. The fourth-order valence-corrected chi connectivity index (χ4v) is 0.792. The third kappa shape index (κ3) is 1.75. The molecule has 0 saturated carbocycles. The summed E-state index contributed by atoms with van der Waals surface area (Å²) >= 11 is 0. The van der Waals surface area contributed by atoms with Gasteiger partial charge in [0.05, 0.1) is 0 Å². The van der Waals surface area contributed by atoms with Crippen LogP contribution in [0.15, 0.2) is 24.3 Å². The number of hydrogen-bond acceptors (Lipinski definition) is 1. The molecular weight excluding hydrogens is 162 g/mol. The van der Waals surface area contributed by atoms with Crippen LogP contribution in [0.1, 0.15) is 5.56 Å². The first-order valence-corrected chi connectivity index (χ1v) is 3.31. The van der Waals surface area contributed by atoms with Gasteiger partial charge >= 0.3 is 0 Å². The quantitative estimate of drug-likeness (QED) is 0.488. The number of aldehydes is 1. The zero-order valence-corrected chi connectivity index (χ0v) is 6.13. The Balaban J connectivity index is 3.07. The van der Waals surface area contributed by atoms with E-state index in [1.54, 1.807) is 0 Å². The molecule has 0 aliphatic heterocycles. The number of rotatable bonds is 2. The maximum atomic E-state index is 12.8. The van der Waals surface area contributed by atoms with Gasteiger partial charge in [-0.3, -0.25) is 4.79 Å². The van der Waals surface area contributed by atoms with Crippen LogP contribution in [-0.2, 0) is 4.79 Å². The molecule has 0 N–H and O–H groups in total. The standard InChI is InChI=1S/C9H6F2O/c10-8-5-1-3-7(9(8)11)4-2-6-12/h1-6H/b4-2+. The Bertz CT molecular complexity index is 318. The molecule has 0 unspecified atom stereocenters. The predicted octanol–water partition coefficient (Wildman–Crippen LogP) is 2.18. The van der Waals surface area contributed by atoms with E-state index in [2.05, 4.69) is 0 Å². The molecule has 0 atom stereocenters. The molecule has 0 bridgehead atoms. The number of benzene rings is 1. The molecule has 0 spiro atoms. The molecule has 0 aromatic heterocycles. The fraction of sp³-hybridized carbons (Fsp3) is 0. The van der Waals surface area contributed by atoms with E-state index in [-0.39, 0.29) is 5.56 Å². The molecule has 1 nitrogen and oxygen atoms in total. The third-order valence-electron chi connectivity index (χ3n) is 1.34. The largest absolute Gasteiger partial charge is 0.299 e. The minimum Gasteiger partial charge on any atom is -0.299 e. The molecule has 1 rings (SSSR count). The van der Waals surface area contributed by atoms with Gasteiger partial charge in [0.2, 0.25) is 0 Å². The topological polar surface area (TPSA) is 17.1 Å². The van der Waals surface area contributed by atoms with E-state index in [9.17, 15) is 13.6 Å². The van der Waals surface area contributed by atoms with Crippen molar-refractivity contribution in [3.05, 3.63) is 41.5 Å². The van der Waals surface area contributed by atoms with Crippen molar-refractivity contribution in [1.29, 1.82) is 0 Å². The predicted molar refractivity (Wildman–Crippen MR) is 41.5 cm³/mol. The second-order valence-electron chi connectivity index (χ2n) is 2.14. The summed E-state index contributed by atoms with van der Waals surface area (Å²) in [5.74, 6) is -1.85. The van der Waals surface area contributed by atoms with E-state index in [1.165, 1.54) is 18.2 Å². The molecule has 12 heavy (non-hydrogen) atoms. The summed E-state index contributed by atoms with van der Waals surface area (Å²) in [4.78, 5) is 9.87. The number of allylic oxidation sites excluding steroid dienone is 1. The van der Waals surface area contributed by atoms with Crippen molar-refractivity contribution in [2.45, 2.75) is 0 Å². The third-order valence-corrected chi connectivity index (χ3v) is 1.34. The van der Waals surface area contributed by atoms with Gasteiger partial charge < -0.3 is 0 Å². The van der Waals surface area contributed by atoms with Gasteiger partial charge in [0.15, 0.2) is 11.6 Å². The lowest BCUT2D eigenvalue weighted by Gasteiger charge is -1.95. The number of halogens is 2. The smallest absolute Gasteiger partial charge is 0.166 e. The van der Waals surface area contributed by atoms with E-state index in [4.69, 9.17) is 0 Å². The normalized spacial score (nSPS) is 10.5. The number of carbonyl (C=O) groups excluding carboxylic acids is 1. The van der Waals surface area contributed by atoms with Gasteiger partial charge in [-0.2, -0.15) is 0 Å². The lowest BCUT2D eigenvalue weighted by atomic mass is 10.2. The van der Waals surface area contributed by atoms with Crippen LogP contribution < -0.4 is 0 Å². The molecule has 0 fully saturated rings. The second-order valence-corrected chi connectivity index (χ2v) is 2.14. The molecule has 1 aromatic rings. The molecule has 0 amide bonds. The van der Waals surface area contributed by atoms with Crippen molar-refractivity contribution in [3.63, 3.8) is 0 Å². The summed E-state index contributed by atoms with van der Waals surface area (Å²) in [6.07, 6.45) is 2.83.